The number of rotatable bonds is 8. The number of aryl methyl sites for hydroxylation is 2. The second kappa shape index (κ2) is 41.3. The Morgan fingerprint density at radius 2 is 0.910 bits per heavy atom. The molecule has 5 saturated heterocycles. The summed E-state index contributed by atoms with van der Waals surface area (Å²) in [6.45, 7) is 28.1. The summed E-state index contributed by atoms with van der Waals surface area (Å²) in [4.78, 5) is 0. The van der Waals surface area contributed by atoms with Crippen LogP contribution in [0, 0.1) is 13.8 Å². The minimum atomic E-state index is 0.102. The maximum absolute atomic E-state index is 5.40. The number of hydrogen-bond acceptors (Lipinski definition) is 10. The zero-order chi connectivity index (χ0) is 50.1. The van der Waals surface area contributed by atoms with Crippen molar-refractivity contribution in [3.8, 4) is 23.0 Å². The van der Waals surface area contributed by atoms with Gasteiger partial charge in [-0.15, -0.1) is 0 Å². The van der Waals surface area contributed by atoms with Crippen molar-refractivity contribution in [1.29, 1.82) is 0 Å². The number of methoxy groups -OCH3 is 4. The average molecular weight is 931 g/mol. The van der Waals surface area contributed by atoms with Gasteiger partial charge in [-0.1, -0.05) is 144 Å². The lowest BCUT2D eigenvalue weighted by atomic mass is 10.0. The first-order valence-corrected chi connectivity index (χ1v) is 23.6. The summed E-state index contributed by atoms with van der Waals surface area (Å²) in [6, 6.07) is 45.9. The normalized spacial score (nSPS) is 18.2. The molecule has 374 valence electrons. The highest BCUT2D eigenvalue weighted by Gasteiger charge is 2.33. The highest BCUT2D eigenvalue weighted by atomic mass is 16.8. The summed E-state index contributed by atoms with van der Waals surface area (Å²) >= 11 is 0. The first-order chi connectivity index (χ1) is 32.5. The smallest absolute Gasteiger partial charge is 0.183 e. The first kappa shape index (κ1) is 62.1. The quantitative estimate of drug-likeness (QED) is 0.140. The molecule has 5 unspecified atom stereocenters. The topological polar surface area (TPSA) is 109 Å². The van der Waals surface area contributed by atoms with Crippen LogP contribution in [0.1, 0.15) is 84.9 Å². The highest BCUT2D eigenvalue weighted by Crippen LogP contribution is 2.20. The van der Waals surface area contributed by atoms with Gasteiger partial charge < -0.3 is 47.4 Å². The lowest BCUT2D eigenvalue weighted by molar-refractivity contribution is 0.0950. The van der Waals surface area contributed by atoms with Gasteiger partial charge >= 0.3 is 0 Å². The fourth-order valence-electron chi connectivity index (χ4n) is 4.33. The van der Waals surface area contributed by atoms with E-state index in [2.05, 4.69) is 63.6 Å². The average Bonchev–Trinajstić information content (AvgIpc) is 4.16. The molecule has 0 radical (unpaired) electrons. The van der Waals surface area contributed by atoms with Gasteiger partial charge in [0.15, 0.2) is 6.29 Å². The lowest BCUT2D eigenvalue weighted by Gasteiger charge is -2.01. The second-order valence-electron chi connectivity index (χ2n) is 15.0. The van der Waals surface area contributed by atoms with Crippen molar-refractivity contribution in [2.24, 2.45) is 0 Å². The van der Waals surface area contributed by atoms with Crippen LogP contribution in [0.3, 0.4) is 0 Å². The van der Waals surface area contributed by atoms with Crippen molar-refractivity contribution in [2.45, 2.75) is 113 Å². The first-order valence-electron chi connectivity index (χ1n) is 23.6. The Balaban J connectivity index is 0.000000738. The lowest BCUT2D eigenvalue weighted by Crippen LogP contribution is -2.03. The van der Waals surface area contributed by atoms with Crippen molar-refractivity contribution in [3.05, 3.63) is 156 Å². The fraction of sp³-hybridized carbons (Fsp3) is 0.474. The Bertz CT molecular complexity index is 1760. The Morgan fingerprint density at radius 1 is 0.522 bits per heavy atom. The van der Waals surface area contributed by atoms with Gasteiger partial charge in [0, 0.05) is 7.11 Å². The third-order valence-electron chi connectivity index (χ3n) is 8.69. The van der Waals surface area contributed by atoms with E-state index >= 15 is 0 Å². The number of hydrogen-bond donors (Lipinski definition) is 0. The van der Waals surface area contributed by atoms with Crippen LogP contribution in [-0.4, -0.2) is 98.8 Å². The van der Waals surface area contributed by atoms with E-state index in [9.17, 15) is 0 Å². The van der Waals surface area contributed by atoms with Gasteiger partial charge in [0.25, 0.3) is 0 Å². The standard InChI is InChI=1S/C9H10O2.C9H12.2C8H10O.C7H8O.C4H8O2.2C3H6O.C2H4O.2C2H6/c1-2-4-8(5-3-1)10-6-9-7-11-9;1-8(2)9-6-4-3-5-7-9;1-7-3-5-8(9-2)6-4-7;1-7-5-3-4-6-8(7)9-2;1-8-7-5-3-2-4-6-7;1-3-4(5-2)6-3;2*1-3-2-4-3;1-2-3-1;2*1-2/h1-5,9H,6-7H2;3-8H,1-2H3;2*3-6H,1-2H3;2-6H,1H3;3-4H,1-2H3;2*3H,2H2,1H3;1-2H2;2*1-2H3. The van der Waals surface area contributed by atoms with E-state index in [1.807, 2.05) is 157 Å². The van der Waals surface area contributed by atoms with Crippen LogP contribution in [0.25, 0.3) is 0 Å². The van der Waals surface area contributed by atoms with Crippen molar-refractivity contribution in [3.63, 3.8) is 0 Å². The predicted molar refractivity (Wildman–Crippen MR) is 276 cm³/mol. The van der Waals surface area contributed by atoms with E-state index in [-0.39, 0.29) is 6.29 Å². The molecule has 5 heterocycles. The number of benzene rings is 5. The molecular formula is C57H86O10. The summed E-state index contributed by atoms with van der Waals surface area (Å²) in [7, 11) is 6.66. The summed E-state index contributed by atoms with van der Waals surface area (Å²) < 4.78 is 48.8. The van der Waals surface area contributed by atoms with Crippen LogP contribution in [-0.2, 0) is 28.4 Å². The van der Waals surface area contributed by atoms with E-state index in [0.717, 1.165) is 56.0 Å². The third kappa shape index (κ3) is 39.9. The zero-order valence-corrected chi connectivity index (χ0v) is 43.6. The highest BCUT2D eigenvalue weighted by molar-refractivity contribution is 5.31. The molecule has 0 spiro atoms. The fourth-order valence-corrected chi connectivity index (χ4v) is 4.33. The third-order valence-corrected chi connectivity index (χ3v) is 8.69. The zero-order valence-electron chi connectivity index (χ0n) is 43.6. The molecule has 0 amide bonds. The van der Waals surface area contributed by atoms with Gasteiger partial charge in [-0.2, -0.15) is 0 Å². The summed E-state index contributed by atoms with van der Waals surface area (Å²) in [5.74, 6) is 4.36. The van der Waals surface area contributed by atoms with E-state index in [0.29, 0.717) is 36.9 Å². The number of para-hydroxylation sites is 3. The monoisotopic (exact) mass is 931 g/mol. The molecule has 5 atom stereocenters. The molecule has 10 nitrogen and oxygen atoms in total. The molecule has 5 fully saturated rings. The maximum atomic E-state index is 5.40. The molecule has 5 aliphatic rings. The minimum Gasteiger partial charge on any atom is -0.497 e. The van der Waals surface area contributed by atoms with Crippen molar-refractivity contribution in [1.82, 2.24) is 0 Å². The molecule has 67 heavy (non-hydrogen) atoms. The predicted octanol–water partition coefficient (Wildman–Crippen LogP) is 13.2. The van der Waals surface area contributed by atoms with Crippen LogP contribution < -0.4 is 18.9 Å². The molecule has 0 N–H and O–H groups in total. The van der Waals surface area contributed by atoms with Gasteiger partial charge in [-0.05, 0) is 94.1 Å². The molecule has 0 bridgehead atoms. The van der Waals surface area contributed by atoms with Crippen LogP contribution in [0.4, 0.5) is 0 Å². The van der Waals surface area contributed by atoms with E-state index in [4.69, 9.17) is 42.6 Å². The maximum Gasteiger partial charge on any atom is 0.183 e. The Labute approximate surface area is 406 Å². The van der Waals surface area contributed by atoms with Crippen LogP contribution in [0.15, 0.2) is 140 Å². The van der Waals surface area contributed by atoms with E-state index in [1.165, 1.54) is 16.7 Å². The van der Waals surface area contributed by atoms with Gasteiger partial charge in [0.05, 0.1) is 66.6 Å². The number of ether oxygens (including phenoxy) is 10. The summed E-state index contributed by atoms with van der Waals surface area (Å²) in [6.07, 6.45) is 1.95. The van der Waals surface area contributed by atoms with Gasteiger partial charge in [-0.25, -0.2) is 0 Å². The molecule has 5 aromatic carbocycles. The van der Waals surface area contributed by atoms with Crippen LogP contribution in [0.5, 0.6) is 23.0 Å². The van der Waals surface area contributed by atoms with Gasteiger partial charge in [-0.3, -0.25) is 0 Å². The van der Waals surface area contributed by atoms with Gasteiger partial charge in [0.2, 0.25) is 0 Å². The molecule has 0 saturated carbocycles. The van der Waals surface area contributed by atoms with Gasteiger partial charge in [0.1, 0.15) is 41.8 Å². The van der Waals surface area contributed by atoms with Crippen molar-refractivity contribution >= 4 is 0 Å². The van der Waals surface area contributed by atoms with Crippen LogP contribution >= 0.6 is 0 Å². The minimum absolute atomic E-state index is 0.102. The summed E-state index contributed by atoms with van der Waals surface area (Å²) in [5, 5.41) is 0. The molecule has 5 aliphatic heterocycles. The molecule has 0 aliphatic carbocycles. The van der Waals surface area contributed by atoms with E-state index in [1.54, 1.807) is 28.4 Å². The Hall–Kier alpha value is -4.94. The number of epoxide rings is 5. The molecule has 10 heteroatoms. The summed E-state index contributed by atoms with van der Waals surface area (Å²) in [5.41, 5.74) is 3.85. The van der Waals surface area contributed by atoms with E-state index < -0.39 is 0 Å². The largest absolute Gasteiger partial charge is 0.497 e. The molecular weight excluding hydrogens is 845 g/mol. The SMILES string of the molecule is C1CO1.CC.CC.CC(C)c1ccccc1.CC1CO1.CC1CO1.COC1OC1C.COc1ccc(C)cc1.COc1ccccc1.COc1ccccc1C.c1ccc(OCC2CO2)cc1. The Kier molecular flexibility index (Phi) is 38.2. The second-order valence-corrected chi connectivity index (χ2v) is 15.0. The van der Waals surface area contributed by atoms with Crippen molar-refractivity contribution < 1.29 is 47.4 Å². The van der Waals surface area contributed by atoms with Crippen LogP contribution in [0.2, 0.25) is 0 Å². The Morgan fingerprint density at radius 3 is 1.18 bits per heavy atom. The molecule has 10 rings (SSSR count). The molecule has 5 aromatic rings. The molecule has 0 aromatic heterocycles. The van der Waals surface area contributed by atoms with Crippen molar-refractivity contribution in [2.75, 3.05) is 68.1 Å².